The molecule has 0 fully saturated rings. The van der Waals surface area contributed by atoms with Crippen molar-refractivity contribution in [3.05, 3.63) is 0 Å². The summed E-state index contributed by atoms with van der Waals surface area (Å²) in [5.74, 6) is -0.708. The van der Waals surface area contributed by atoms with Gasteiger partial charge in [0.1, 0.15) is 3.92 Å². The topological polar surface area (TPSA) is 43.4 Å². The van der Waals surface area contributed by atoms with E-state index in [-0.39, 0.29) is 165 Å². The molecule has 0 aromatic rings. The van der Waals surface area contributed by atoms with E-state index in [4.69, 9.17) is 4.74 Å². The molecule has 0 radical (unpaired) electrons. The molecule has 0 bridgehead atoms. The quantitative estimate of drug-likeness (QED) is 0.0598. The van der Waals surface area contributed by atoms with E-state index in [1.165, 1.54) is 44.9 Å². The van der Waals surface area contributed by atoms with Gasteiger partial charge in [0.05, 0.1) is 0 Å². The van der Waals surface area contributed by atoms with Gasteiger partial charge in [0.15, 0.2) is 0 Å². The molecule has 1 atom stereocenters. The first-order valence-electron chi connectivity index (χ1n) is 9.00. The van der Waals surface area contributed by atoms with Gasteiger partial charge >= 0.3 is 144 Å². The van der Waals surface area contributed by atoms with Crippen molar-refractivity contribution in [1.29, 1.82) is 0 Å². The number of halogens is 2. The Morgan fingerprint density at radius 3 is 1.77 bits per heavy atom. The van der Waals surface area contributed by atoms with Crippen molar-refractivity contribution in [2.75, 3.05) is 0 Å². The number of carbonyl (C=O) groups is 2. The zero-order chi connectivity index (χ0) is 16.6. The molecule has 0 N–H and O–H groups in total. The molecular formula is C18H37ClIK2NaO3. The van der Waals surface area contributed by atoms with Crippen LogP contribution >= 0.6 is 35.0 Å². The molecule has 3 nitrogen and oxygen atoms in total. The first kappa shape index (κ1) is 40.8. The van der Waals surface area contributed by atoms with Crippen LogP contribution in [-0.4, -0.2) is 15.9 Å². The van der Waals surface area contributed by atoms with Crippen LogP contribution in [0.4, 0.5) is 0 Å². The molecule has 0 rings (SSSR count). The second-order valence-corrected chi connectivity index (χ2v) is 7.48. The van der Waals surface area contributed by atoms with Gasteiger partial charge in [-0.1, -0.05) is 101 Å². The molecule has 0 heterocycles. The third-order valence-corrected chi connectivity index (χ3v) is 4.90. The summed E-state index contributed by atoms with van der Waals surface area (Å²) in [7, 11) is 0. The Balaban J connectivity index is -0.000000105. The number of hydrogen-bond donors (Lipinski definition) is 0. The molecule has 0 aromatic carbocycles. The Morgan fingerprint density at radius 1 is 0.846 bits per heavy atom. The Morgan fingerprint density at radius 2 is 1.27 bits per heavy atom. The molecule has 26 heavy (non-hydrogen) atoms. The molecule has 0 aliphatic carbocycles. The summed E-state index contributed by atoms with van der Waals surface area (Å²) in [5, 5.41) is 0. The Bertz CT molecular complexity index is 328. The van der Waals surface area contributed by atoms with Crippen LogP contribution in [-0.2, 0) is 14.3 Å². The summed E-state index contributed by atoms with van der Waals surface area (Å²) >= 11 is 2.10. The number of hydrogen-bond acceptors (Lipinski definition) is 3. The van der Waals surface area contributed by atoms with E-state index < -0.39 is 0 Å². The van der Waals surface area contributed by atoms with Crippen LogP contribution in [0.25, 0.3) is 0 Å². The van der Waals surface area contributed by atoms with Crippen molar-refractivity contribution in [2.24, 2.45) is 0 Å². The van der Waals surface area contributed by atoms with Crippen LogP contribution in [0, 0.1) is 0 Å². The third kappa shape index (κ3) is 28.4. The van der Waals surface area contributed by atoms with Gasteiger partial charge in [0.25, 0.3) is 0 Å². The SMILES string of the molecule is CCCCCCCCC(=O)OC(=O)C(I)CCCCCCC.Cl.[H-].[H-].[H-].[K+].[K+].[Na+]. The van der Waals surface area contributed by atoms with Crippen LogP contribution < -0.4 is 132 Å². The van der Waals surface area contributed by atoms with Gasteiger partial charge in [0, 0.05) is 6.42 Å². The van der Waals surface area contributed by atoms with Gasteiger partial charge in [-0.2, -0.15) is 0 Å². The number of esters is 2. The van der Waals surface area contributed by atoms with Crippen LogP contribution in [0.2, 0.25) is 0 Å². The van der Waals surface area contributed by atoms with Crippen LogP contribution in [0.5, 0.6) is 0 Å². The van der Waals surface area contributed by atoms with Crippen molar-refractivity contribution < 1.29 is 151 Å². The van der Waals surface area contributed by atoms with Gasteiger partial charge in [-0.25, -0.2) is 0 Å². The van der Waals surface area contributed by atoms with Crippen molar-refractivity contribution in [1.82, 2.24) is 0 Å². The second kappa shape index (κ2) is 31.6. The predicted molar refractivity (Wildman–Crippen MR) is 111 cm³/mol. The molecule has 8 heteroatoms. The van der Waals surface area contributed by atoms with E-state index in [9.17, 15) is 9.59 Å². The molecule has 0 amide bonds. The molecule has 0 aromatic heterocycles. The van der Waals surface area contributed by atoms with Crippen molar-refractivity contribution in [3.8, 4) is 0 Å². The van der Waals surface area contributed by atoms with Crippen molar-refractivity contribution in [3.63, 3.8) is 0 Å². The molecule has 0 saturated carbocycles. The predicted octanol–water partition coefficient (Wildman–Crippen LogP) is -2.26. The fourth-order valence-corrected chi connectivity index (χ4v) is 2.89. The van der Waals surface area contributed by atoms with E-state index in [2.05, 4.69) is 36.4 Å². The summed E-state index contributed by atoms with van der Waals surface area (Å²) in [6.07, 6.45) is 13.9. The van der Waals surface area contributed by atoms with E-state index in [1.54, 1.807) is 0 Å². The number of carbonyl (C=O) groups excluding carboxylic acids is 2. The molecule has 0 spiro atoms. The molecule has 0 saturated heterocycles. The first-order valence-corrected chi connectivity index (χ1v) is 10.2. The molecular weight excluding hydrogens is 528 g/mol. The van der Waals surface area contributed by atoms with Crippen LogP contribution in [0.15, 0.2) is 0 Å². The summed E-state index contributed by atoms with van der Waals surface area (Å²) < 4.78 is 4.75. The fourth-order valence-electron chi connectivity index (χ4n) is 2.32. The van der Waals surface area contributed by atoms with Gasteiger partial charge in [-0.05, 0) is 12.8 Å². The Hall–Kier alpha value is 4.43. The summed E-state index contributed by atoms with van der Waals surface area (Å²) in [6, 6.07) is 0. The van der Waals surface area contributed by atoms with Gasteiger partial charge in [-0.3, -0.25) is 9.59 Å². The minimum absolute atomic E-state index is 0. The van der Waals surface area contributed by atoms with Gasteiger partial charge in [-0.15, -0.1) is 12.4 Å². The second-order valence-electron chi connectivity index (χ2n) is 5.98. The maximum atomic E-state index is 11.8. The molecule has 0 aliphatic rings. The van der Waals surface area contributed by atoms with Crippen molar-refractivity contribution >= 4 is 46.9 Å². The summed E-state index contributed by atoms with van der Waals surface area (Å²) in [4.78, 5) is 23.4. The molecule has 144 valence electrons. The molecule has 1 unspecified atom stereocenters. The summed E-state index contributed by atoms with van der Waals surface area (Å²) in [5.41, 5.74) is 0. The van der Waals surface area contributed by atoms with Crippen LogP contribution in [0.3, 0.4) is 0 Å². The monoisotopic (exact) mass is 564 g/mol. The maximum Gasteiger partial charge on any atom is 1.00 e. The third-order valence-electron chi connectivity index (χ3n) is 3.77. The number of alkyl halides is 1. The fraction of sp³-hybridized carbons (Fsp3) is 0.889. The average molecular weight is 565 g/mol. The van der Waals surface area contributed by atoms with E-state index in [1.807, 2.05) is 0 Å². The Kier molecular flexibility index (Phi) is 49.6. The average Bonchev–Trinajstić information content (AvgIpc) is 2.50. The van der Waals surface area contributed by atoms with Gasteiger partial charge < -0.3 is 9.02 Å². The van der Waals surface area contributed by atoms with Gasteiger partial charge in [0.2, 0.25) is 0 Å². The zero-order valence-electron chi connectivity index (χ0n) is 20.8. The number of ether oxygens (including phenoxy) is 1. The molecule has 0 aliphatic heterocycles. The summed E-state index contributed by atoms with van der Waals surface area (Å²) in [6.45, 7) is 4.38. The van der Waals surface area contributed by atoms with E-state index >= 15 is 0 Å². The largest absolute Gasteiger partial charge is 1.00 e. The number of rotatable bonds is 14. The Labute approximate surface area is 293 Å². The zero-order valence-corrected chi connectivity index (χ0v) is 29.0. The maximum absolute atomic E-state index is 11.8. The first-order chi connectivity index (χ1) is 10.6. The minimum atomic E-state index is -0.355. The van der Waals surface area contributed by atoms with E-state index in [0.29, 0.717) is 6.42 Å². The van der Waals surface area contributed by atoms with Crippen molar-refractivity contribution in [2.45, 2.75) is 101 Å². The van der Waals surface area contributed by atoms with E-state index in [0.717, 1.165) is 32.1 Å². The number of unbranched alkanes of at least 4 members (excludes halogenated alkanes) is 9. The normalized spacial score (nSPS) is 10.3. The standard InChI is InChI=1S/C18H33IO3.ClH.2K.Na.3H/c1-3-5-7-9-11-13-15-17(20)22-18(21)16(19)14-12-10-8-6-4-2;;;;;;;/h16H,3-15H2,1-2H3;1H;;;;;;/q;;3*+1;3*-1. The smallest absolute Gasteiger partial charge is 1.00 e. The minimum Gasteiger partial charge on any atom is -1.00 e. The van der Waals surface area contributed by atoms with Crippen LogP contribution in [0.1, 0.15) is 102 Å².